The Morgan fingerprint density at radius 1 is 0.417 bits per heavy atom. The van der Waals surface area contributed by atoms with Crippen molar-refractivity contribution in [3.63, 3.8) is 0 Å². The molecule has 0 aromatic heterocycles. The first kappa shape index (κ1) is 22.0. The summed E-state index contributed by atoms with van der Waals surface area (Å²) in [5.41, 5.74) is 5.83. The third-order valence-corrected chi connectivity index (χ3v) is 6.05. The Hall–Kier alpha value is -0.0400. The summed E-state index contributed by atoms with van der Waals surface area (Å²) in [7, 11) is 0. The molecule has 1 aliphatic rings. The summed E-state index contributed by atoms with van der Waals surface area (Å²) in [4.78, 5) is 0. The van der Waals surface area contributed by atoms with E-state index in [-0.39, 0.29) is 0 Å². The third kappa shape index (κ3) is 14.3. The monoisotopic (exact) mass is 337 g/mol. The molecular weight excluding hydrogens is 290 g/mol. The van der Waals surface area contributed by atoms with Gasteiger partial charge in [-0.2, -0.15) is 0 Å². The van der Waals surface area contributed by atoms with Gasteiger partial charge in [-0.3, -0.25) is 0 Å². The summed E-state index contributed by atoms with van der Waals surface area (Å²) >= 11 is 0. The Morgan fingerprint density at radius 3 is 0.917 bits per heavy atom. The molecule has 0 unspecified atom stereocenters. The molecule has 0 bridgehead atoms. The number of hydrogen-bond acceptors (Lipinski definition) is 1. The van der Waals surface area contributed by atoms with E-state index >= 15 is 0 Å². The number of hydrogen-bond donors (Lipinski definition) is 1. The molecule has 1 fully saturated rings. The van der Waals surface area contributed by atoms with Crippen molar-refractivity contribution in [3.05, 3.63) is 0 Å². The molecule has 1 aliphatic carbocycles. The van der Waals surface area contributed by atoms with Crippen LogP contribution in [0.1, 0.15) is 135 Å². The molecule has 24 heavy (non-hydrogen) atoms. The van der Waals surface area contributed by atoms with E-state index in [9.17, 15) is 0 Å². The second-order valence-electron chi connectivity index (χ2n) is 8.38. The van der Waals surface area contributed by atoms with Crippen LogP contribution in [0.2, 0.25) is 0 Å². The highest BCUT2D eigenvalue weighted by Crippen LogP contribution is 2.22. The first-order valence-corrected chi connectivity index (χ1v) is 11.6. The van der Waals surface area contributed by atoms with Crippen molar-refractivity contribution in [2.45, 2.75) is 135 Å². The molecule has 0 amide bonds. The minimum atomic E-state index is 0.894. The molecule has 0 spiro atoms. The second-order valence-corrected chi connectivity index (χ2v) is 8.38. The van der Waals surface area contributed by atoms with E-state index in [0.717, 1.165) is 12.5 Å². The predicted octanol–water partition coefficient (Wildman–Crippen LogP) is 7.77. The van der Waals surface area contributed by atoms with Gasteiger partial charge in [-0.15, -0.1) is 0 Å². The lowest BCUT2D eigenvalue weighted by Gasteiger charge is -2.16. The molecule has 1 rings (SSSR count). The fraction of sp³-hybridized carbons (Fsp3) is 1.00. The van der Waals surface area contributed by atoms with E-state index in [1.165, 1.54) is 135 Å². The van der Waals surface area contributed by atoms with Gasteiger partial charge in [0.1, 0.15) is 0 Å². The Morgan fingerprint density at radius 2 is 0.667 bits per heavy atom. The van der Waals surface area contributed by atoms with E-state index < -0.39 is 0 Å². The highest BCUT2D eigenvalue weighted by molar-refractivity contribution is 4.62. The lowest BCUT2D eigenvalue weighted by molar-refractivity contribution is 0.384. The summed E-state index contributed by atoms with van der Waals surface area (Å²) in [6.45, 7) is 0.894. The van der Waals surface area contributed by atoms with Crippen molar-refractivity contribution in [3.8, 4) is 0 Å². The van der Waals surface area contributed by atoms with Crippen LogP contribution >= 0.6 is 0 Å². The Labute approximate surface area is 153 Å². The SMILES string of the molecule is NCCC1CCCCCCCCCCCCCCCCCCCC1. The molecule has 0 saturated heterocycles. The third-order valence-electron chi connectivity index (χ3n) is 6.05. The van der Waals surface area contributed by atoms with Gasteiger partial charge in [0.2, 0.25) is 0 Å². The van der Waals surface area contributed by atoms with Gasteiger partial charge in [0, 0.05) is 0 Å². The molecule has 0 aliphatic heterocycles. The molecule has 1 heteroatoms. The lowest BCUT2D eigenvalue weighted by atomic mass is 9.91. The number of rotatable bonds is 2. The standard InChI is InChI=1S/C23H47N/c24-22-21-23-19-17-15-13-11-9-7-5-3-1-2-4-6-8-10-12-14-16-18-20-23/h23H,1-22,24H2. The van der Waals surface area contributed by atoms with Crippen molar-refractivity contribution < 1.29 is 0 Å². The van der Waals surface area contributed by atoms with E-state index in [2.05, 4.69) is 0 Å². The zero-order chi connectivity index (χ0) is 17.1. The van der Waals surface area contributed by atoms with Gasteiger partial charge in [0.25, 0.3) is 0 Å². The molecule has 2 N–H and O–H groups in total. The molecule has 1 nitrogen and oxygen atoms in total. The maximum atomic E-state index is 5.83. The molecule has 0 heterocycles. The zero-order valence-corrected chi connectivity index (χ0v) is 16.7. The maximum absolute atomic E-state index is 5.83. The van der Waals surface area contributed by atoms with Gasteiger partial charge < -0.3 is 5.73 Å². The molecule has 0 radical (unpaired) electrons. The van der Waals surface area contributed by atoms with Crippen LogP contribution in [0.25, 0.3) is 0 Å². The fourth-order valence-corrected chi connectivity index (χ4v) is 4.36. The van der Waals surface area contributed by atoms with Gasteiger partial charge in [-0.25, -0.2) is 0 Å². The zero-order valence-electron chi connectivity index (χ0n) is 16.7. The fourth-order valence-electron chi connectivity index (χ4n) is 4.36. The van der Waals surface area contributed by atoms with Crippen LogP contribution in [-0.4, -0.2) is 6.54 Å². The summed E-state index contributed by atoms with van der Waals surface area (Å²) in [5.74, 6) is 0.920. The van der Waals surface area contributed by atoms with Crippen LogP contribution in [-0.2, 0) is 0 Å². The lowest BCUT2D eigenvalue weighted by Crippen LogP contribution is -2.09. The van der Waals surface area contributed by atoms with Crippen LogP contribution in [0.15, 0.2) is 0 Å². The van der Waals surface area contributed by atoms with Crippen molar-refractivity contribution >= 4 is 0 Å². The summed E-state index contributed by atoms with van der Waals surface area (Å²) in [6.07, 6.45) is 30.7. The van der Waals surface area contributed by atoms with Gasteiger partial charge in [0.15, 0.2) is 0 Å². The highest BCUT2D eigenvalue weighted by atomic mass is 14.5. The summed E-state index contributed by atoms with van der Waals surface area (Å²) in [6, 6.07) is 0. The maximum Gasteiger partial charge on any atom is -0.00746 e. The van der Waals surface area contributed by atoms with Gasteiger partial charge in [-0.05, 0) is 18.9 Å². The van der Waals surface area contributed by atoms with Crippen LogP contribution in [0.5, 0.6) is 0 Å². The topological polar surface area (TPSA) is 26.0 Å². The first-order valence-electron chi connectivity index (χ1n) is 11.6. The van der Waals surface area contributed by atoms with E-state index in [0.29, 0.717) is 0 Å². The summed E-state index contributed by atoms with van der Waals surface area (Å²) in [5, 5.41) is 0. The minimum absolute atomic E-state index is 0.894. The van der Waals surface area contributed by atoms with Crippen molar-refractivity contribution in [2.24, 2.45) is 11.7 Å². The van der Waals surface area contributed by atoms with Crippen LogP contribution < -0.4 is 5.73 Å². The molecular formula is C23H47N. The second kappa shape index (κ2) is 17.8. The molecule has 0 aromatic carbocycles. The Bertz CT molecular complexity index is 216. The molecule has 0 aromatic rings. The van der Waals surface area contributed by atoms with Crippen molar-refractivity contribution in [1.82, 2.24) is 0 Å². The largest absolute Gasteiger partial charge is 0.330 e. The first-order chi connectivity index (χ1) is 11.9. The quantitative estimate of drug-likeness (QED) is 0.547. The normalized spacial score (nSPS) is 23.4. The van der Waals surface area contributed by atoms with Crippen molar-refractivity contribution in [2.75, 3.05) is 6.54 Å². The van der Waals surface area contributed by atoms with Crippen LogP contribution in [0.4, 0.5) is 0 Å². The van der Waals surface area contributed by atoms with Gasteiger partial charge >= 0.3 is 0 Å². The summed E-state index contributed by atoms with van der Waals surface area (Å²) < 4.78 is 0. The van der Waals surface area contributed by atoms with Gasteiger partial charge in [-0.1, -0.05) is 128 Å². The molecule has 0 atom stereocenters. The molecule has 1 saturated carbocycles. The average Bonchev–Trinajstić information content (AvgIpc) is 2.59. The average molecular weight is 338 g/mol. The number of nitrogens with two attached hydrogens (primary N) is 1. The minimum Gasteiger partial charge on any atom is -0.330 e. The van der Waals surface area contributed by atoms with E-state index in [1.807, 2.05) is 0 Å². The smallest absolute Gasteiger partial charge is 0.00746 e. The predicted molar refractivity (Wildman–Crippen MR) is 110 cm³/mol. The highest BCUT2D eigenvalue weighted by Gasteiger charge is 2.07. The van der Waals surface area contributed by atoms with Crippen LogP contribution in [0, 0.1) is 5.92 Å². The van der Waals surface area contributed by atoms with Gasteiger partial charge in [0.05, 0.1) is 0 Å². The van der Waals surface area contributed by atoms with Crippen LogP contribution in [0.3, 0.4) is 0 Å². The van der Waals surface area contributed by atoms with E-state index in [1.54, 1.807) is 0 Å². The van der Waals surface area contributed by atoms with Crippen molar-refractivity contribution in [1.29, 1.82) is 0 Å². The Balaban J connectivity index is 2.18. The van der Waals surface area contributed by atoms with E-state index in [4.69, 9.17) is 5.73 Å². The molecule has 144 valence electrons. The Kier molecular flexibility index (Phi) is 16.3.